The molecular weight excluding hydrogens is 306 g/mol. The predicted octanol–water partition coefficient (Wildman–Crippen LogP) is 3.03. The molecule has 0 radical (unpaired) electrons. The highest BCUT2D eigenvalue weighted by molar-refractivity contribution is 5.98. The lowest BCUT2D eigenvalue weighted by molar-refractivity contribution is 0.0947. The average Bonchev–Trinajstić information content (AvgIpc) is 2.59. The van der Waals surface area contributed by atoms with E-state index in [1.54, 1.807) is 31.4 Å². The van der Waals surface area contributed by atoms with Crippen molar-refractivity contribution in [2.45, 2.75) is 13.3 Å². The maximum Gasteiger partial charge on any atom is 0.251 e. The summed E-state index contributed by atoms with van der Waals surface area (Å²) in [6.07, 6.45) is 0.766. The van der Waals surface area contributed by atoms with E-state index in [4.69, 9.17) is 4.74 Å². The first-order valence-electron chi connectivity index (χ1n) is 7.74. The van der Waals surface area contributed by atoms with Crippen LogP contribution in [0.3, 0.4) is 0 Å². The lowest BCUT2D eigenvalue weighted by atomic mass is 9.99. The Morgan fingerprint density at radius 3 is 2.38 bits per heavy atom. The Labute approximate surface area is 141 Å². The van der Waals surface area contributed by atoms with Crippen molar-refractivity contribution < 1.29 is 19.4 Å². The molecule has 24 heavy (non-hydrogen) atoms. The number of carbonyl (C=O) groups is 2. The summed E-state index contributed by atoms with van der Waals surface area (Å²) in [6, 6.07) is 12.0. The third-order valence-electron chi connectivity index (χ3n) is 3.67. The van der Waals surface area contributed by atoms with E-state index >= 15 is 0 Å². The van der Waals surface area contributed by atoms with Crippen LogP contribution in [-0.2, 0) is 4.74 Å². The minimum absolute atomic E-state index is 0.0293. The number of Topliss-reactive ketones (excluding diaryl/α,β-unsaturated/α-hetero) is 1. The van der Waals surface area contributed by atoms with Crippen molar-refractivity contribution in [3.05, 3.63) is 53.6 Å². The third kappa shape index (κ3) is 4.43. The van der Waals surface area contributed by atoms with Crippen LogP contribution in [0.2, 0.25) is 0 Å². The highest BCUT2D eigenvalue weighted by Crippen LogP contribution is 2.26. The van der Waals surface area contributed by atoms with Gasteiger partial charge in [-0.25, -0.2) is 0 Å². The van der Waals surface area contributed by atoms with Crippen LogP contribution in [0.1, 0.15) is 34.1 Å². The van der Waals surface area contributed by atoms with Crippen LogP contribution >= 0.6 is 0 Å². The van der Waals surface area contributed by atoms with Gasteiger partial charge in [-0.1, -0.05) is 18.2 Å². The van der Waals surface area contributed by atoms with E-state index < -0.39 is 0 Å². The second kappa shape index (κ2) is 8.26. The lowest BCUT2D eigenvalue weighted by Gasteiger charge is -2.08. The van der Waals surface area contributed by atoms with Crippen molar-refractivity contribution in [1.29, 1.82) is 0 Å². The van der Waals surface area contributed by atoms with Crippen LogP contribution < -0.4 is 5.32 Å². The lowest BCUT2D eigenvalue weighted by Crippen LogP contribution is -2.25. The van der Waals surface area contributed by atoms with Gasteiger partial charge in [-0.15, -0.1) is 0 Å². The Hall–Kier alpha value is -2.66. The number of phenols is 1. The second-order valence-electron chi connectivity index (χ2n) is 5.47. The highest BCUT2D eigenvalue weighted by Gasteiger charge is 2.10. The molecule has 5 heteroatoms. The van der Waals surface area contributed by atoms with Crippen LogP contribution in [0, 0.1) is 0 Å². The monoisotopic (exact) mass is 327 g/mol. The molecule has 0 saturated carbocycles. The number of hydrogen-bond acceptors (Lipinski definition) is 4. The molecule has 0 aliphatic rings. The summed E-state index contributed by atoms with van der Waals surface area (Å²) in [5.74, 6) is -0.354. The molecule has 0 atom stereocenters. The Kier molecular flexibility index (Phi) is 6.09. The van der Waals surface area contributed by atoms with Gasteiger partial charge in [0.15, 0.2) is 5.78 Å². The molecular formula is C19H21NO4. The molecule has 0 saturated heterocycles. The fourth-order valence-electron chi connectivity index (χ4n) is 2.33. The van der Waals surface area contributed by atoms with E-state index in [0.29, 0.717) is 18.7 Å². The van der Waals surface area contributed by atoms with Crippen molar-refractivity contribution in [1.82, 2.24) is 5.32 Å². The first kappa shape index (κ1) is 17.7. The van der Waals surface area contributed by atoms with Gasteiger partial charge in [0.05, 0.1) is 5.56 Å². The number of amides is 1. The second-order valence-corrected chi connectivity index (χ2v) is 5.47. The number of carbonyl (C=O) groups excluding carboxylic acids is 2. The van der Waals surface area contributed by atoms with Crippen LogP contribution in [0.5, 0.6) is 5.75 Å². The summed E-state index contributed by atoms with van der Waals surface area (Å²) in [4.78, 5) is 23.5. The summed E-state index contributed by atoms with van der Waals surface area (Å²) >= 11 is 0. The number of ether oxygens (including phenoxy) is 1. The molecule has 1 amide bonds. The minimum Gasteiger partial charge on any atom is -0.507 e. The molecule has 0 bridgehead atoms. The van der Waals surface area contributed by atoms with Gasteiger partial charge in [0.25, 0.3) is 5.91 Å². The van der Waals surface area contributed by atoms with E-state index in [9.17, 15) is 14.7 Å². The normalized spacial score (nSPS) is 10.4. The number of rotatable bonds is 7. The molecule has 2 rings (SSSR count). The number of phenolic OH excluding ortho intramolecular Hbond substituents is 1. The zero-order valence-electron chi connectivity index (χ0n) is 13.8. The number of aromatic hydroxyl groups is 1. The summed E-state index contributed by atoms with van der Waals surface area (Å²) in [5, 5.41) is 12.5. The Bertz CT molecular complexity index is 723. The standard InChI is InChI=1S/C19H21NO4/c1-13(21)17-12-16(8-9-18(17)22)14-4-6-15(7-5-14)19(23)20-10-3-11-24-2/h4-9,12,22H,3,10-11H2,1-2H3,(H,20,23). The van der Waals surface area contributed by atoms with E-state index in [-0.39, 0.29) is 23.0 Å². The summed E-state index contributed by atoms with van der Waals surface area (Å²) in [6.45, 7) is 2.59. The van der Waals surface area contributed by atoms with Crippen LogP contribution in [-0.4, -0.2) is 37.1 Å². The van der Waals surface area contributed by atoms with Crippen LogP contribution in [0.25, 0.3) is 11.1 Å². The van der Waals surface area contributed by atoms with Gasteiger partial charge in [0, 0.05) is 25.8 Å². The van der Waals surface area contributed by atoms with Crippen LogP contribution in [0.15, 0.2) is 42.5 Å². The van der Waals surface area contributed by atoms with E-state index in [1.165, 1.54) is 13.0 Å². The molecule has 0 aliphatic heterocycles. The van der Waals surface area contributed by atoms with Gasteiger partial charge in [-0.3, -0.25) is 9.59 Å². The number of ketones is 1. The SMILES string of the molecule is COCCCNC(=O)c1ccc(-c2ccc(O)c(C(C)=O)c2)cc1. The average molecular weight is 327 g/mol. The van der Waals surface area contributed by atoms with Gasteiger partial charge < -0.3 is 15.2 Å². The van der Waals surface area contributed by atoms with Crippen molar-refractivity contribution in [2.75, 3.05) is 20.3 Å². The molecule has 0 spiro atoms. The maximum atomic E-state index is 12.0. The van der Waals surface area contributed by atoms with Crippen molar-refractivity contribution in [2.24, 2.45) is 0 Å². The zero-order valence-corrected chi connectivity index (χ0v) is 13.8. The minimum atomic E-state index is -0.193. The Morgan fingerprint density at radius 1 is 1.08 bits per heavy atom. The van der Waals surface area contributed by atoms with Crippen LogP contribution in [0.4, 0.5) is 0 Å². The Morgan fingerprint density at radius 2 is 1.75 bits per heavy atom. The number of hydrogen-bond donors (Lipinski definition) is 2. The largest absolute Gasteiger partial charge is 0.507 e. The van der Waals surface area contributed by atoms with Gasteiger partial charge in [0.2, 0.25) is 0 Å². The first-order valence-corrected chi connectivity index (χ1v) is 7.74. The molecule has 2 N–H and O–H groups in total. The molecule has 0 aliphatic carbocycles. The predicted molar refractivity (Wildman–Crippen MR) is 92.4 cm³/mol. The molecule has 0 unspecified atom stereocenters. The maximum absolute atomic E-state index is 12.0. The molecule has 0 heterocycles. The fraction of sp³-hybridized carbons (Fsp3) is 0.263. The summed E-state index contributed by atoms with van der Waals surface area (Å²) < 4.78 is 4.94. The molecule has 0 aromatic heterocycles. The fourth-order valence-corrected chi connectivity index (χ4v) is 2.33. The number of nitrogens with one attached hydrogen (secondary N) is 1. The molecule has 2 aromatic carbocycles. The smallest absolute Gasteiger partial charge is 0.251 e. The molecule has 0 fully saturated rings. The van der Waals surface area contributed by atoms with Crippen molar-refractivity contribution in [3.63, 3.8) is 0 Å². The highest BCUT2D eigenvalue weighted by atomic mass is 16.5. The van der Waals surface area contributed by atoms with Crippen molar-refractivity contribution >= 4 is 11.7 Å². The van der Waals surface area contributed by atoms with Gasteiger partial charge in [0.1, 0.15) is 5.75 Å². The summed E-state index contributed by atoms with van der Waals surface area (Å²) in [7, 11) is 1.63. The van der Waals surface area contributed by atoms with Gasteiger partial charge in [-0.2, -0.15) is 0 Å². The Balaban J connectivity index is 2.10. The van der Waals surface area contributed by atoms with Gasteiger partial charge in [-0.05, 0) is 48.7 Å². The molecule has 5 nitrogen and oxygen atoms in total. The van der Waals surface area contributed by atoms with Gasteiger partial charge >= 0.3 is 0 Å². The topological polar surface area (TPSA) is 75.6 Å². The first-order chi connectivity index (χ1) is 11.5. The molecule has 2 aromatic rings. The van der Waals surface area contributed by atoms with E-state index in [1.807, 2.05) is 12.1 Å². The molecule has 126 valence electrons. The summed E-state index contributed by atoms with van der Waals surface area (Å²) in [5.41, 5.74) is 2.53. The third-order valence-corrected chi connectivity index (χ3v) is 3.67. The van der Waals surface area contributed by atoms with Crippen molar-refractivity contribution in [3.8, 4) is 16.9 Å². The van der Waals surface area contributed by atoms with E-state index in [2.05, 4.69) is 5.32 Å². The van der Waals surface area contributed by atoms with E-state index in [0.717, 1.165) is 17.5 Å². The number of benzene rings is 2. The zero-order chi connectivity index (χ0) is 17.5. The quantitative estimate of drug-likeness (QED) is 0.605. The number of methoxy groups -OCH3 is 1.